The van der Waals surface area contributed by atoms with Crippen molar-refractivity contribution in [3.05, 3.63) is 41.4 Å². The van der Waals surface area contributed by atoms with E-state index >= 15 is 0 Å². The lowest BCUT2D eigenvalue weighted by Crippen LogP contribution is -2.48. The third-order valence-electron chi connectivity index (χ3n) is 4.38. The summed E-state index contributed by atoms with van der Waals surface area (Å²) in [7, 11) is 0. The van der Waals surface area contributed by atoms with Crippen molar-refractivity contribution in [1.29, 1.82) is 0 Å². The van der Waals surface area contributed by atoms with Gasteiger partial charge in [0.2, 0.25) is 0 Å². The van der Waals surface area contributed by atoms with Gasteiger partial charge in [-0.15, -0.1) is 11.3 Å². The van der Waals surface area contributed by atoms with Crippen molar-refractivity contribution in [3.63, 3.8) is 0 Å². The molecule has 2 aromatic rings. The van der Waals surface area contributed by atoms with E-state index in [9.17, 15) is 0 Å². The highest BCUT2D eigenvalue weighted by molar-refractivity contribution is 7.13. The summed E-state index contributed by atoms with van der Waals surface area (Å²) in [6, 6.07) is 11.5. The van der Waals surface area contributed by atoms with E-state index in [1.165, 1.54) is 30.5 Å². The Morgan fingerprint density at radius 1 is 1.29 bits per heavy atom. The Morgan fingerprint density at radius 2 is 2.10 bits per heavy atom. The molecule has 0 spiro atoms. The average molecular weight is 301 g/mol. The van der Waals surface area contributed by atoms with Crippen molar-refractivity contribution in [2.24, 2.45) is 5.73 Å². The first-order valence-electron chi connectivity index (χ1n) is 7.73. The number of rotatable bonds is 4. The van der Waals surface area contributed by atoms with Crippen LogP contribution in [0.5, 0.6) is 0 Å². The van der Waals surface area contributed by atoms with Gasteiger partial charge in [-0.05, 0) is 19.8 Å². The average Bonchev–Trinajstić information content (AvgIpc) is 2.99. The summed E-state index contributed by atoms with van der Waals surface area (Å²) < 4.78 is 0. The second-order valence-corrected chi connectivity index (χ2v) is 6.71. The van der Waals surface area contributed by atoms with E-state index in [1.54, 1.807) is 11.3 Å². The molecule has 112 valence electrons. The van der Waals surface area contributed by atoms with Crippen molar-refractivity contribution in [2.75, 3.05) is 6.54 Å². The summed E-state index contributed by atoms with van der Waals surface area (Å²) in [5.41, 5.74) is 8.32. The molecule has 3 nitrogen and oxygen atoms in total. The predicted molar refractivity (Wildman–Crippen MR) is 89.2 cm³/mol. The molecule has 1 aromatic heterocycles. The van der Waals surface area contributed by atoms with Gasteiger partial charge in [-0.25, -0.2) is 4.98 Å². The molecule has 1 aliphatic heterocycles. The monoisotopic (exact) mass is 301 g/mol. The minimum atomic E-state index is 0.510. The zero-order valence-electron chi connectivity index (χ0n) is 12.5. The lowest BCUT2D eigenvalue weighted by Gasteiger charge is -2.39. The van der Waals surface area contributed by atoms with Crippen molar-refractivity contribution in [2.45, 2.75) is 44.8 Å². The van der Waals surface area contributed by atoms with Crippen LogP contribution in [0.15, 0.2) is 35.7 Å². The van der Waals surface area contributed by atoms with Gasteiger partial charge in [-0.1, -0.05) is 36.8 Å². The number of nitrogens with zero attached hydrogens (tertiary/aromatic N) is 2. The number of aromatic nitrogens is 1. The van der Waals surface area contributed by atoms with E-state index in [-0.39, 0.29) is 0 Å². The van der Waals surface area contributed by atoms with Crippen molar-refractivity contribution < 1.29 is 0 Å². The first-order valence-corrected chi connectivity index (χ1v) is 8.61. The van der Waals surface area contributed by atoms with Crippen molar-refractivity contribution >= 4 is 11.3 Å². The number of benzene rings is 1. The summed E-state index contributed by atoms with van der Waals surface area (Å²) in [6.07, 6.45) is 3.79. The summed E-state index contributed by atoms with van der Waals surface area (Å²) in [5, 5.41) is 3.30. The Morgan fingerprint density at radius 3 is 2.86 bits per heavy atom. The molecule has 2 N–H and O–H groups in total. The molecule has 1 saturated heterocycles. The molecule has 0 amide bonds. The molecule has 1 aliphatic rings. The van der Waals surface area contributed by atoms with E-state index in [2.05, 4.69) is 41.5 Å². The fraction of sp³-hybridized carbons (Fsp3) is 0.471. The third-order valence-corrected chi connectivity index (χ3v) is 5.32. The summed E-state index contributed by atoms with van der Waals surface area (Å²) >= 11 is 1.73. The molecule has 0 bridgehead atoms. The molecule has 21 heavy (non-hydrogen) atoms. The van der Waals surface area contributed by atoms with Crippen LogP contribution < -0.4 is 5.73 Å². The van der Waals surface area contributed by atoms with E-state index in [0.717, 1.165) is 18.1 Å². The van der Waals surface area contributed by atoms with Gasteiger partial charge in [0, 0.05) is 36.1 Å². The number of thiazole rings is 1. The molecule has 2 heterocycles. The maximum absolute atomic E-state index is 5.95. The maximum Gasteiger partial charge on any atom is 0.123 e. The fourth-order valence-electron chi connectivity index (χ4n) is 3.16. The van der Waals surface area contributed by atoms with Crippen LogP contribution >= 0.6 is 11.3 Å². The van der Waals surface area contributed by atoms with Crippen LogP contribution in [0, 0.1) is 0 Å². The zero-order valence-corrected chi connectivity index (χ0v) is 13.4. The first-order chi connectivity index (χ1) is 10.3. The molecular formula is C17H23N3S. The van der Waals surface area contributed by atoms with Gasteiger partial charge < -0.3 is 5.73 Å². The van der Waals surface area contributed by atoms with Crippen LogP contribution in [0.1, 0.15) is 31.9 Å². The molecule has 1 fully saturated rings. The Bertz CT molecular complexity index is 566. The molecule has 2 atom stereocenters. The third kappa shape index (κ3) is 3.34. The van der Waals surface area contributed by atoms with Crippen molar-refractivity contribution in [1.82, 2.24) is 9.88 Å². The molecular weight excluding hydrogens is 278 g/mol. The van der Waals surface area contributed by atoms with E-state index < -0.39 is 0 Å². The highest BCUT2D eigenvalue weighted by Crippen LogP contribution is 2.27. The van der Waals surface area contributed by atoms with Gasteiger partial charge >= 0.3 is 0 Å². The Hall–Kier alpha value is -1.23. The smallest absolute Gasteiger partial charge is 0.123 e. The Balaban J connectivity index is 1.74. The molecule has 0 aliphatic carbocycles. The Labute approximate surface area is 130 Å². The van der Waals surface area contributed by atoms with E-state index in [0.29, 0.717) is 12.1 Å². The van der Waals surface area contributed by atoms with Gasteiger partial charge in [-0.2, -0.15) is 0 Å². The number of hydrogen-bond donors (Lipinski definition) is 1. The standard InChI is InChI=1S/C17H23N3S/c1-13-6-5-9-16(10-18)20(13)11-15-12-21-17(19-15)14-7-3-2-4-8-14/h2-4,7-8,12-13,16H,5-6,9-11,18H2,1H3. The Kier molecular flexibility index (Phi) is 4.68. The summed E-state index contributed by atoms with van der Waals surface area (Å²) in [4.78, 5) is 7.35. The molecule has 4 heteroatoms. The highest BCUT2D eigenvalue weighted by Gasteiger charge is 2.27. The van der Waals surface area contributed by atoms with Gasteiger partial charge in [0.1, 0.15) is 5.01 Å². The van der Waals surface area contributed by atoms with Crippen LogP contribution in [-0.2, 0) is 6.54 Å². The van der Waals surface area contributed by atoms with Gasteiger partial charge in [-0.3, -0.25) is 4.90 Å². The quantitative estimate of drug-likeness (QED) is 0.939. The van der Waals surface area contributed by atoms with E-state index in [1.807, 2.05) is 6.07 Å². The zero-order chi connectivity index (χ0) is 14.7. The highest BCUT2D eigenvalue weighted by atomic mass is 32.1. The number of likely N-dealkylation sites (tertiary alicyclic amines) is 1. The van der Waals surface area contributed by atoms with Crippen molar-refractivity contribution in [3.8, 4) is 10.6 Å². The maximum atomic E-state index is 5.95. The molecule has 3 rings (SSSR count). The van der Waals surface area contributed by atoms with Gasteiger partial charge in [0.25, 0.3) is 0 Å². The number of hydrogen-bond acceptors (Lipinski definition) is 4. The number of piperidine rings is 1. The van der Waals surface area contributed by atoms with Crippen LogP contribution in [-0.4, -0.2) is 28.5 Å². The fourth-order valence-corrected chi connectivity index (χ4v) is 3.98. The molecule has 1 aromatic carbocycles. The molecule has 0 radical (unpaired) electrons. The van der Waals surface area contributed by atoms with Crippen LogP contribution in [0.4, 0.5) is 0 Å². The van der Waals surface area contributed by atoms with Gasteiger partial charge in [0.05, 0.1) is 5.69 Å². The largest absolute Gasteiger partial charge is 0.329 e. The topological polar surface area (TPSA) is 42.1 Å². The first kappa shape index (κ1) is 14.7. The van der Waals surface area contributed by atoms with Gasteiger partial charge in [0.15, 0.2) is 0 Å². The molecule has 0 saturated carbocycles. The normalized spacial score (nSPS) is 23.3. The van der Waals surface area contributed by atoms with E-state index in [4.69, 9.17) is 10.7 Å². The minimum Gasteiger partial charge on any atom is -0.329 e. The summed E-state index contributed by atoms with van der Waals surface area (Å²) in [6.45, 7) is 3.98. The van der Waals surface area contributed by atoms with Crippen LogP contribution in [0.2, 0.25) is 0 Å². The lowest BCUT2D eigenvalue weighted by molar-refractivity contribution is 0.0880. The number of nitrogens with two attached hydrogens (primary N) is 1. The second kappa shape index (κ2) is 6.69. The second-order valence-electron chi connectivity index (χ2n) is 5.85. The predicted octanol–water partition coefficient (Wildman–Crippen LogP) is 3.51. The summed E-state index contributed by atoms with van der Waals surface area (Å²) in [5.74, 6) is 0. The minimum absolute atomic E-state index is 0.510. The lowest BCUT2D eigenvalue weighted by atomic mass is 9.96. The molecule has 2 unspecified atom stereocenters. The van der Waals surface area contributed by atoms with Crippen LogP contribution in [0.25, 0.3) is 10.6 Å². The van der Waals surface area contributed by atoms with Crippen LogP contribution in [0.3, 0.4) is 0 Å². The SMILES string of the molecule is CC1CCCC(CN)N1Cc1csc(-c2ccccc2)n1.